The Bertz CT molecular complexity index is 455. The third-order valence-electron chi connectivity index (χ3n) is 3.62. The SMILES string of the molecule is CCOC1CC(Nc2nc(Cl)nc(OC)n2)C1(C)C. The van der Waals surface area contributed by atoms with E-state index in [4.69, 9.17) is 21.1 Å². The fourth-order valence-corrected chi connectivity index (χ4v) is 2.41. The van der Waals surface area contributed by atoms with Crippen molar-refractivity contribution in [2.45, 2.75) is 39.3 Å². The number of nitrogens with one attached hydrogen (secondary N) is 1. The Labute approximate surface area is 117 Å². The quantitative estimate of drug-likeness (QED) is 0.894. The van der Waals surface area contributed by atoms with Crippen LogP contribution in [0, 0.1) is 5.41 Å². The van der Waals surface area contributed by atoms with Gasteiger partial charge in [0.1, 0.15) is 0 Å². The Hall–Kier alpha value is -1.14. The number of ether oxygens (including phenoxy) is 2. The van der Waals surface area contributed by atoms with Crippen LogP contribution in [0.15, 0.2) is 0 Å². The van der Waals surface area contributed by atoms with Gasteiger partial charge in [0.2, 0.25) is 11.2 Å². The monoisotopic (exact) mass is 286 g/mol. The summed E-state index contributed by atoms with van der Waals surface area (Å²) in [5, 5.41) is 3.38. The first-order valence-corrected chi connectivity index (χ1v) is 6.68. The highest BCUT2D eigenvalue weighted by Gasteiger charge is 2.49. The van der Waals surface area contributed by atoms with Gasteiger partial charge in [-0.2, -0.15) is 15.0 Å². The minimum atomic E-state index is 0.0301. The molecule has 1 aliphatic rings. The van der Waals surface area contributed by atoms with Crippen molar-refractivity contribution in [2.24, 2.45) is 5.41 Å². The fourth-order valence-electron chi connectivity index (χ4n) is 2.26. The number of anilines is 1. The maximum Gasteiger partial charge on any atom is 0.322 e. The molecule has 0 aromatic carbocycles. The van der Waals surface area contributed by atoms with E-state index in [1.807, 2.05) is 6.92 Å². The van der Waals surface area contributed by atoms with Crippen molar-refractivity contribution in [3.8, 4) is 6.01 Å². The summed E-state index contributed by atoms with van der Waals surface area (Å²) in [6.45, 7) is 7.06. The first kappa shape index (κ1) is 14.3. The highest BCUT2D eigenvalue weighted by atomic mass is 35.5. The average Bonchev–Trinajstić information content (AvgIpc) is 2.37. The van der Waals surface area contributed by atoms with Crippen molar-refractivity contribution >= 4 is 17.5 Å². The predicted octanol–water partition coefficient (Wildman–Crippen LogP) is 2.15. The molecule has 19 heavy (non-hydrogen) atoms. The van der Waals surface area contributed by atoms with Gasteiger partial charge in [-0.25, -0.2) is 0 Å². The molecule has 1 aromatic rings. The van der Waals surface area contributed by atoms with Crippen LogP contribution in [0.4, 0.5) is 5.95 Å². The Kier molecular flexibility index (Phi) is 4.10. The van der Waals surface area contributed by atoms with Gasteiger partial charge in [-0.05, 0) is 24.9 Å². The van der Waals surface area contributed by atoms with Crippen LogP contribution in [-0.2, 0) is 4.74 Å². The van der Waals surface area contributed by atoms with E-state index in [2.05, 4.69) is 34.1 Å². The summed E-state index contributed by atoms with van der Waals surface area (Å²) in [6.07, 6.45) is 1.18. The molecule has 1 fully saturated rings. The lowest BCUT2D eigenvalue weighted by Gasteiger charge is -2.51. The Morgan fingerprint density at radius 2 is 2.11 bits per heavy atom. The van der Waals surface area contributed by atoms with Gasteiger partial charge in [0.05, 0.1) is 13.2 Å². The summed E-state index contributed by atoms with van der Waals surface area (Å²) < 4.78 is 10.7. The van der Waals surface area contributed by atoms with Crippen molar-refractivity contribution in [1.29, 1.82) is 0 Å². The molecule has 1 N–H and O–H groups in total. The number of hydrogen-bond acceptors (Lipinski definition) is 6. The molecule has 6 nitrogen and oxygen atoms in total. The van der Waals surface area contributed by atoms with E-state index in [0.717, 1.165) is 13.0 Å². The topological polar surface area (TPSA) is 69.2 Å². The van der Waals surface area contributed by atoms with E-state index in [-0.39, 0.29) is 28.9 Å². The molecular formula is C12H19ClN4O2. The molecule has 1 aromatic heterocycles. The highest BCUT2D eigenvalue weighted by Crippen LogP contribution is 2.44. The smallest absolute Gasteiger partial charge is 0.322 e. The van der Waals surface area contributed by atoms with Crippen LogP contribution >= 0.6 is 11.6 Å². The molecule has 2 unspecified atom stereocenters. The molecule has 0 spiro atoms. The molecule has 0 amide bonds. The highest BCUT2D eigenvalue weighted by molar-refractivity contribution is 6.28. The van der Waals surface area contributed by atoms with Crippen molar-refractivity contribution in [3.63, 3.8) is 0 Å². The minimum absolute atomic E-state index is 0.0301. The summed E-state index contributed by atoms with van der Waals surface area (Å²) >= 11 is 5.82. The minimum Gasteiger partial charge on any atom is -0.467 e. The third-order valence-corrected chi connectivity index (χ3v) is 3.79. The van der Waals surface area contributed by atoms with Gasteiger partial charge in [0, 0.05) is 18.1 Å². The summed E-state index contributed by atoms with van der Waals surface area (Å²) in [5.74, 6) is 0.435. The number of halogens is 1. The standard InChI is InChI=1S/C12H19ClN4O2/c1-5-19-8-6-7(12(8,2)3)14-10-15-9(13)16-11(17-10)18-4/h7-8H,5-6H2,1-4H3,(H,14,15,16,17). The van der Waals surface area contributed by atoms with E-state index in [1.165, 1.54) is 7.11 Å². The predicted molar refractivity (Wildman–Crippen MR) is 72.6 cm³/mol. The van der Waals surface area contributed by atoms with E-state index in [0.29, 0.717) is 5.95 Å². The Balaban J connectivity index is 2.05. The van der Waals surface area contributed by atoms with Crippen molar-refractivity contribution in [2.75, 3.05) is 19.0 Å². The second-order valence-electron chi connectivity index (χ2n) is 5.11. The molecule has 0 saturated heterocycles. The maximum atomic E-state index is 5.82. The van der Waals surface area contributed by atoms with Gasteiger partial charge in [-0.15, -0.1) is 0 Å². The van der Waals surface area contributed by atoms with E-state index in [1.54, 1.807) is 0 Å². The summed E-state index contributed by atoms with van der Waals surface area (Å²) in [4.78, 5) is 12.0. The number of rotatable bonds is 5. The molecule has 106 valence electrons. The van der Waals surface area contributed by atoms with Gasteiger partial charge in [0.15, 0.2) is 0 Å². The lowest BCUT2D eigenvalue weighted by molar-refractivity contribution is -0.0977. The lowest BCUT2D eigenvalue weighted by Crippen LogP contribution is -2.58. The van der Waals surface area contributed by atoms with Crippen molar-refractivity contribution in [1.82, 2.24) is 15.0 Å². The summed E-state index contributed by atoms with van der Waals surface area (Å²) in [7, 11) is 1.49. The zero-order valence-electron chi connectivity index (χ0n) is 11.6. The Morgan fingerprint density at radius 3 is 2.68 bits per heavy atom. The molecule has 2 atom stereocenters. The van der Waals surface area contributed by atoms with Gasteiger partial charge < -0.3 is 14.8 Å². The lowest BCUT2D eigenvalue weighted by atomic mass is 9.64. The van der Waals surface area contributed by atoms with Gasteiger partial charge >= 0.3 is 6.01 Å². The van der Waals surface area contributed by atoms with Crippen LogP contribution < -0.4 is 10.1 Å². The molecule has 1 aliphatic carbocycles. The average molecular weight is 287 g/mol. The first-order chi connectivity index (χ1) is 8.97. The van der Waals surface area contributed by atoms with Gasteiger partial charge in [-0.1, -0.05) is 13.8 Å². The molecule has 1 heterocycles. The second-order valence-corrected chi connectivity index (χ2v) is 5.45. The number of methoxy groups -OCH3 is 1. The summed E-state index contributed by atoms with van der Waals surface area (Å²) in [6, 6.07) is 0.452. The van der Waals surface area contributed by atoms with Crippen LogP contribution in [0.5, 0.6) is 6.01 Å². The zero-order chi connectivity index (χ0) is 14.0. The van der Waals surface area contributed by atoms with E-state index in [9.17, 15) is 0 Å². The fraction of sp³-hybridized carbons (Fsp3) is 0.750. The van der Waals surface area contributed by atoms with Gasteiger partial charge in [-0.3, -0.25) is 0 Å². The van der Waals surface area contributed by atoms with Crippen LogP contribution in [-0.4, -0.2) is 40.8 Å². The largest absolute Gasteiger partial charge is 0.467 e. The molecule has 2 rings (SSSR count). The molecule has 0 bridgehead atoms. The molecule has 0 aliphatic heterocycles. The van der Waals surface area contributed by atoms with E-state index >= 15 is 0 Å². The molecule has 7 heteroatoms. The molecule has 1 saturated carbocycles. The summed E-state index contributed by atoms with van der Waals surface area (Å²) in [5.41, 5.74) is 0.0301. The van der Waals surface area contributed by atoms with Crippen LogP contribution in [0.3, 0.4) is 0 Å². The van der Waals surface area contributed by atoms with Crippen LogP contribution in [0.25, 0.3) is 0 Å². The zero-order valence-corrected chi connectivity index (χ0v) is 12.4. The van der Waals surface area contributed by atoms with Crippen molar-refractivity contribution < 1.29 is 9.47 Å². The van der Waals surface area contributed by atoms with Crippen molar-refractivity contribution in [3.05, 3.63) is 5.28 Å². The Morgan fingerprint density at radius 1 is 1.37 bits per heavy atom. The van der Waals surface area contributed by atoms with Crippen LogP contribution in [0.1, 0.15) is 27.2 Å². The maximum absolute atomic E-state index is 5.82. The van der Waals surface area contributed by atoms with E-state index < -0.39 is 0 Å². The van der Waals surface area contributed by atoms with Gasteiger partial charge in [0.25, 0.3) is 0 Å². The normalized spacial score (nSPS) is 24.7. The molecule has 0 radical (unpaired) electrons. The van der Waals surface area contributed by atoms with Crippen LogP contribution in [0.2, 0.25) is 5.28 Å². The second kappa shape index (κ2) is 5.46. The molecular weight excluding hydrogens is 268 g/mol. The number of nitrogens with zero attached hydrogens (tertiary/aromatic N) is 3. The third kappa shape index (κ3) is 2.90. The number of aromatic nitrogens is 3. The number of hydrogen-bond donors (Lipinski definition) is 1. The first-order valence-electron chi connectivity index (χ1n) is 6.31.